The van der Waals surface area contributed by atoms with Gasteiger partial charge in [0.25, 0.3) is 5.91 Å². The van der Waals surface area contributed by atoms with Crippen LogP contribution < -0.4 is 0 Å². The van der Waals surface area contributed by atoms with Crippen LogP contribution in [0.2, 0.25) is 0 Å². The molecule has 1 atom stereocenters. The lowest BCUT2D eigenvalue weighted by atomic mass is 10.2. The van der Waals surface area contributed by atoms with Crippen LogP contribution in [0, 0.1) is 0 Å². The van der Waals surface area contributed by atoms with E-state index in [2.05, 4.69) is 4.98 Å². The number of halogens is 3. The van der Waals surface area contributed by atoms with Gasteiger partial charge in [-0.25, -0.2) is 4.98 Å². The van der Waals surface area contributed by atoms with Gasteiger partial charge < -0.3 is 14.4 Å². The summed E-state index contributed by atoms with van der Waals surface area (Å²) in [5.41, 5.74) is -0.0886. The highest BCUT2D eigenvalue weighted by Gasteiger charge is 2.39. The summed E-state index contributed by atoms with van der Waals surface area (Å²) in [5, 5.41) is 10.8. The molecule has 2 heterocycles. The van der Waals surface area contributed by atoms with Crippen LogP contribution in [0.3, 0.4) is 0 Å². The molecule has 0 spiro atoms. The standard InChI is InChI=1S/C12H11F3N2O3S/c1-17(5-8(18)12(13,14)15)11(19)9-10(20-6-16-9)7-3-2-4-21-7/h2-4,6,8,18H,5H2,1H3. The van der Waals surface area contributed by atoms with Gasteiger partial charge in [0, 0.05) is 7.05 Å². The van der Waals surface area contributed by atoms with Gasteiger partial charge in [-0.15, -0.1) is 11.3 Å². The third-order valence-electron chi connectivity index (χ3n) is 2.69. The van der Waals surface area contributed by atoms with Crippen molar-refractivity contribution in [2.24, 2.45) is 0 Å². The summed E-state index contributed by atoms with van der Waals surface area (Å²) in [6.45, 7) is -0.876. The Hall–Kier alpha value is -1.87. The molecule has 114 valence electrons. The number of carbonyl (C=O) groups excluding carboxylic acids is 1. The van der Waals surface area contributed by atoms with Crippen molar-refractivity contribution in [3.63, 3.8) is 0 Å². The average molecular weight is 320 g/mol. The molecule has 0 radical (unpaired) electrons. The van der Waals surface area contributed by atoms with E-state index >= 15 is 0 Å². The number of nitrogens with zero attached hydrogens (tertiary/aromatic N) is 2. The zero-order valence-corrected chi connectivity index (χ0v) is 11.6. The maximum atomic E-state index is 12.3. The summed E-state index contributed by atoms with van der Waals surface area (Å²) in [6.07, 6.45) is -6.34. The lowest BCUT2D eigenvalue weighted by molar-refractivity contribution is -0.205. The minimum atomic E-state index is -4.78. The molecule has 9 heteroatoms. The summed E-state index contributed by atoms with van der Waals surface area (Å²) < 4.78 is 42.0. The molecule has 1 amide bonds. The number of aromatic nitrogens is 1. The van der Waals surface area contributed by atoms with E-state index < -0.39 is 24.7 Å². The van der Waals surface area contributed by atoms with Crippen LogP contribution in [0.4, 0.5) is 13.2 Å². The molecule has 1 N–H and O–H groups in total. The molecule has 0 saturated carbocycles. The van der Waals surface area contributed by atoms with Crippen molar-refractivity contribution < 1.29 is 27.5 Å². The largest absolute Gasteiger partial charge is 0.442 e. The fourth-order valence-corrected chi connectivity index (χ4v) is 2.32. The highest BCUT2D eigenvalue weighted by Crippen LogP contribution is 2.28. The first kappa shape index (κ1) is 15.5. The molecule has 0 bridgehead atoms. The van der Waals surface area contributed by atoms with E-state index in [0.29, 0.717) is 4.88 Å². The minimum absolute atomic E-state index is 0.0886. The van der Waals surface area contributed by atoms with Gasteiger partial charge in [-0.3, -0.25) is 4.79 Å². The molecule has 2 aromatic rings. The third-order valence-corrected chi connectivity index (χ3v) is 3.55. The predicted octanol–water partition coefficient (Wildman–Crippen LogP) is 2.40. The Labute approximate surface area is 121 Å². The Balaban J connectivity index is 2.16. The molecule has 0 aliphatic heterocycles. The molecular formula is C12H11F3N2O3S. The Morgan fingerprint density at radius 1 is 1.57 bits per heavy atom. The van der Waals surface area contributed by atoms with E-state index in [0.717, 1.165) is 18.3 Å². The van der Waals surface area contributed by atoms with E-state index in [1.54, 1.807) is 17.5 Å². The SMILES string of the molecule is CN(CC(O)C(F)(F)F)C(=O)c1ncoc1-c1cccs1. The Morgan fingerprint density at radius 3 is 2.86 bits per heavy atom. The monoisotopic (exact) mass is 320 g/mol. The van der Waals surface area contributed by atoms with Crippen LogP contribution in [-0.4, -0.2) is 46.8 Å². The van der Waals surface area contributed by atoms with E-state index in [4.69, 9.17) is 9.52 Å². The first-order valence-corrected chi connectivity index (χ1v) is 6.66. The van der Waals surface area contributed by atoms with Crippen molar-refractivity contribution in [2.45, 2.75) is 12.3 Å². The quantitative estimate of drug-likeness (QED) is 0.939. The number of hydrogen-bond donors (Lipinski definition) is 1. The lowest BCUT2D eigenvalue weighted by Gasteiger charge is -2.21. The summed E-state index contributed by atoms with van der Waals surface area (Å²) in [4.78, 5) is 17.3. The number of thiophene rings is 1. The van der Waals surface area contributed by atoms with Crippen LogP contribution in [0.5, 0.6) is 0 Å². The van der Waals surface area contributed by atoms with Crippen LogP contribution >= 0.6 is 11.3 Å². The molecule has 2 aromatic heterocycles. The van der Waals surface area contributed by atoms with Gasteiger partial charge in [-0.2, -0.15) is 13.2 Å². The van der Waals surface area contributed by atoms with Crippen molar-refractivity contribution in [2.75, 3.05) is 13.6 Å². The Bertz CT molecular complexity index is 610. The maximum absolute atomic E-state index is 12.3. The first-order chi connectivity index (χ1) is 9.80. The molecule has 0 aliphatic rings. The number of rotatable bonds is 4. The second-order valence-electron chi connectivity index (χ2n) is 4.25. The zero-order valence-electron chi connectivity index (χ0n) is 10.8. The first-order valence-electron chi connectivity index (χ1n) is 5.78. The van der Waals surface area contributed by atoms with Gasteiger partial charge in [-0.1, -0.05) is 6.07 Å². The third kappa shape index (κ3) is 3.42. The molecule has 2 rings (SSSR count). The van der Waals surface area contributed by atoms with Gasteiger partial charge >= 0.3 is 6.18 Å². The van der Waals surface area contributed by atoms with Crippen molar-refractivity contribution in [3.05, 3.63) is 29.6 Å². The van der Waals surface area contributed by atoms with Gasteiger partial charge in [0.05, 0.1) is 11.4 Å². The fourth-order valence-electron chi connectivity index (χ4n) is 1.61. The summed E-state index contributed by atoms with van der Waals surface area (Å²) in [6, 6.07) is 3.44. The molecule has 1 unspecified atom stereocenters. The molecule has 0 fully saturated rings. The minimum Gasteiger partial charge on any atom is -0.442 e. The van der Waals surface area contributed by atoms with E-state index in [9.17, 15) is 18.0 Å². The van der Waals surface area contributed by atoms with Crippen molar-refractivity contribution in [3.8, 4) is 10.6 Å². The number of alkyl halides is 3. The number of oxazole rings is 1. The second kappa shape index (κ2) is 5.86. The lowest BCUT2D eigenvalue weighted by Crippen LogP contribution is -2.42. The van der Waals surface area contributed by atoms with E-state index in [1.807, 2.05) is 0 Å². The van der Waals surface area contributed by atoms with Crippen molar-refractivity contribution >= 4 is 17.2 Å². The molecule has 0 aliphatic carbocycles. The predicted molar refractivity (Wildman–Crippen MR) is 68.8 cm³/mol. The topological polar surface area (TPSA) is 66.6 Å². The number of hydrogen-bond acceptors (Lipinski definition) is 5. The molecule has 0 saturated heterocycles. The van der Waals surface area contributed by atoms with Gasteiger partial charge in [0.2, 0.25) is 0 Å². The van der Waals surface area contributed by atoms with Crippen LogP contribution in [0.15, 0.2) is 28.3 Å². The molecular weight excluding hydrogens is 309 g/mol. The number of amides is 1. The summed E-state index contributed by atoms with van der Waals surface area (Å²) in [7, 11) is 1.16. The van der Waals surface area contributed by atoms with Gasteiger partial charge in [0.15, 0.2) is 24.0 Å². The van der Waals surface area contributed by atoms with Crippen molar-refractivity contribution in [1.29, 1.82) is 0 Å². The Kier molecular flexibility index (Phi) is 4.33. The number of aliphatic hydroxyl groups is 1. The van der Waals surface area contributed by atoms with Crippen LogP contribution in [0.1, 0.15) is 10.5 Å². The average Bonchev–Trinajstić information content (AvgIpc) is 3.06. The highest BCUT2D eigenvalue weighted by atomic mass is 32.1. The smallest absolute Gasteiger partial charge is 0.416 e. The Morgan fingerprint density at radius 2 is 2.29 bits per heavy atom. The van der Waals surface area contributed by atoms with Gasteiger partial charge in [0.1, 0.15) is 0 Å². The van der Waals surface area contributed by atoms with Gasteiger partial charge in [-0.05, 0) is 11.4 Å². The molecule has 5 nitrogen and oxygen atoms in total. The fraction of sp³-hybridized carbons (Fsp3) is 0.333. The molecule has 21 heavy (non-hydrogen) atoms. The highest BCUT2D eigenvalue weighted by molar-refractivity contribution is 7.13. The second-order valence-corrected chi connectivity index (χ2v) is 5.20. The van der Waals surface area contributed by atoms with Crippen LogP contribution in [-0.2, 0) is 0 Å². The van der Waals surface area contributed by atoms with Crippen LogP contribution in [0.25, 0.3) is 10.6 Å². The maximum Gasteiger partial charge on any atom is 0.416 e. The van der Waals surface area contributed by atoms with E-state index in [-0.39, 0.29) is 11.5 Å². The number of carbonyl (C=O) groups is 1. The molecule has 0 aromatic carbocycles. The van der Waals surface area contributed by atoms with Crippen molar-refractivity contribution in [1.82, 2.24) is 9.88 Å². The summed E-state index contributed by atoms with van der Waals surface area (Å²) in [5.74, 6) is -0.557. The number of likely N-dealkylation sites (N-methyl/N-ethyl adjacent to an activating group) is 1. The zero-order chi connectivity index (χ0) is 15.6. The summed E-state index contributed by atoms with van der Waals surface area (Å²) >= 11 is 1.31. The number of aliphatic hydroxyl groups excluding tert-OH is 1. The normalized spacial score (nSPS) is 13.2. The van der Waals surface area contributed by atoms with E-state index in [1.165, 1.54) is 11.3 Å².